The van der Waals surface area contributed by atoms with Crippen molar-refractivity contribution in [2.75, 3.05) is 26.7 Å². The summed E-state index contributed by atoms with van der Waals surface area (Å²) >= 11 is 1.76. The highest BCUT2D eigenvalue weighted by atomic mass is 32.1. The van der Waals surface area contributed by atoms with Crippen molar-refractivity contribution >= 4 is 11.3 Å². The minimum Gasteiger partial charge on any atom is -0.309 e. The molecule has 1 aromatic rings. The molecule has 0 bridgehead atoms. The Labute approximate surface area is 108 Å². The van der Waals surface area contributed by atoms with Crippen LogP contribution in [0, 0.1) is 12.8 Å². The van der Waals surface area contributed by atoms with E-state index in [-0.39, 0.29) is 0 Å². The summed E-state index contributed by atoms with van der Waals surface area (Å²) in [5.74, 6) is 0.849. The van der Waals surface area contributed by atoms with Gasteiger partial charge in [-0.3, -0.25) is 0 Å². The number of aromatic nitrogens is 1. The van der Waals surface area contributed by atoms with Gasteiger partial charge in [0.25, 0.3) is 0 Å². The van der Waals surface area contributed by atoms with Gasteiger partial charge < -0.3 is 10.2 Å². The van der Waals surface area contributed by atoms with Crippen LogP contribution in [0.3, 0.4) is 0 Å². The van der Waals surface area contributed by atoms with E-state index >= 15 is 0 Å². The fourth-order valence-corrected chi connectivity index (χ4v) is 3.26. The molecule has 1 fully saturated rings. The second kappa shape index (κ2) is 5.94. The van der Waals surface area contributed by atoms with Gasteiger partial charge in [0.15, 0.2) is 0 Å². The zero-order chi connectivity index (χ0) is 12.3. The monoisotopic (exact) mass is 253 g/mol. The summed E-state index contributed by atoms with van der Waals surface area (Å²) in [6.07, 6.45) is 2.66. The lowest BCUT2D eigenvalue weighted by Crippen LogP contribution is -2.35. The van der Waals surface area contributed by atoms with E-state index < -0.39 is 0 Å². The van der Waals surface area contributed by atoms with Crippen LogP contribution >= 0.6 is 11.3 Å². The molecule has 4 heteroatoms. The van der Waals surface area contributed by atoms with Gasteiger partial charge in [-0.1, -0.05) is 0 Å². The maximum atomic E-state index is 4.31. The minimum atomic E-state index is 0.446. The first-order chi connectivity index (χ1) is 8.16. The third kappa shape index (κ3) is 3.50. The molecule has 1 aliphatic rings. The zero-order valence-electron chi connectivity index (χ0n) is 11.1. The molecule has 2 rings (SSSR count). The SMILES string of the molecule is Cc1ncsc1C(C)NCC1CCN(C)CC1. The molecule has 0 saturated carbocycles. The lowest BCUT2D eigenvalue weighted by atomic mass is 9.97. The number of nitrogens with zero attached hydrogens (tertiary/aromatic N) is 2. The quantitative estimate of drug-likeness (QED) is 0.893. The number of piperidine rings is 1. The molecule has 1 atom stereocenters. The molecule has 2 heterocycles. The Morgan fingerprint density at radius 1 is 1.53 bits per heavy atom. The van der Waals surface area contributed by atoms with Gasteiger partial charge >= 0.3 is 0 Å². The van der Waals surface area contributed by atoms with Gasteiger partial charge in [-0.15, -0.1) is 11.3 Å². The highest BCUT2D eigenvalue weighted by Gasteiger charge is 2.18. The maximum absolute atomic E-state index is 4.31. The molecule has 0 spiro atoms. The average molecular weight is 253 g/mol. The van der Waals surface area contributed by atoms with Crippen LogP contribution in [-0.4, -0.2) is 36.6 Å². The van der Waals surface area contributed by atoms with Gasteiger partial charge in [0, 0.05) is 10.9 Å². The van der Waals surface area contributed by atoms with E-state index in [4.69, 9.17) is 0 Å². The number of aryl methyl sites for hydroxylation is 1. The molecular formula is C13H23N3S. The molecule has 0 radical (unpaired) electrons. The second-order valence-corrected chi connectivity index (χ2v) is 6.06. The van der Waals surface area contributed by atoms with Crippen LogP contribution in [0.25, 0.3) is 0 Å². The number of hydrogen-bond acceptors (Lipinski definition) is 4. The van der Waals surface area contributed by atoms with Crippen LogP contribution in [0.4, 0.5) is 0 Å². The van der Waals surface area contributed by atoms with Crippen LogP contribution in [0.5, 0.6) is 0 Å². The first-order valence-corrected chi connectivity index (χ1v) is 7.36. The molecule has 0 aromatic carbocycles. The summed E-state index contributed by atoms with van der Waals surface area (Å²) in [6.45, 7) is 7.99. The predicted molar refractivity (Wildman–Crippen MR) is 73.5 cm³/mol. The van der Waals surface area contributed by atoms with Crippen molar-refractivity contribution in [2.24, 2.45) is 5.92 Å². The molecule has 1 aliphatic heterocycles. The smallest absolute Gasteiger partial charge is 0.0798 e. The van der Waals surface area contributed by atoms with Gasteiger partial charge in [0.05, 0.1) is 11.2 Å². The van der Waals surface area contributed by atoms with Crippen molar-refractivity contribution in [1.82, 2.24) is 15.2 Å². The van der Waals surface area contributed by atoms with Crippen LogP contribution < -0.4 is 5.32 Å². The Bertz CT molecular complexity index is 342. The number of nitrogens with one attached hydrogen (secondary N) is 1. The fraction of sp³-hybridized carbons (Fsp3) is 0.769. The molecule has 3 nitrogen and oxygen atoms in total. The van der Waals surface area contributed by atoms with Gasteiger partial charge in [-0.2, -0.15) is 0 Å². The highest BCUT2D eigenvalue weighted by Crippen LogP contribution is 2.22. The van der Waals surface area contributed by atoms with Crippen LogP contribution in [0.2, 0.25) is 0 Å². The van der Waals surface area contributed by atoms with Crippen molar-refractivity contribution in [1.29, 1.82) is 0 Å². The molecule has 1 N–H and O–H groups in total. The molecule has 96 valence electrons. The Kier molecular flexibility index (Phi) is 4.54. The van der Waals surface area contributed by atoms with E-state index in [0.717, 1.165) is 12.5 Å². The molecule has 17 heavy (non-hydrogen) atoms. The van der Waals surface area contributed by atoms with E-state index in [1.54, 1.807) is 11.3 Å². The lowest BCUT2D eigenvalue weighted by molar-refractivity contribution is 0.213. The summed E-state index contributed by atoms with van der Waals surface area (Å²) in [5.41, 5.74) is 3.12. The third-order valence-corrected chi connectivity index (χ3v) is 4.84. The Hall–Kier alpha value is -0.450. The molecule has 1 unspecified atom stereocenters. The summed E-state index contributed by atoms with van der Waals surface area (Å²) in [4.78, 5) is 8.13. The van der Waals surface area contributed by atoms with Crippen molar-refractivity contribution < 1.29 is 0 Å². The van der Waals surface area contributed by atoms with Crippen LogP contribution in [0.1, 0.15) is 36.4 Å². The summed E-state index contributed by atoms with van der Waals surface area (Å²) < 4.78 is 0. The van der Waals surface area contributed by atoms with Crippen LogP contribution in [0.15, 0.2) is 5.51 Å². The van der Waals surface area contributed by atoms with Gasteiger partial charge in [-0.05, 0) is 59.3 Å². The van der Waals surface area contributed by atoms with E-state index in [1.165, 1.54) is 36.5 Å². The summed E-state index contributed by atoms with van der Waals surface area (Å²) in [6, 6.07) is 0.446. The normalized spacial score (nSPS) is 20.6. The molecule has 0 amide bonds. The minimum absolute atomic E-state index is 0.446. The molecule has 1 aromatic heterocycles. The van der Waals surface area contributed by atoms with E-state index in [1.807, 2.05) is 5.51 Å². The largest absolute Gasteiger partial charge is 0.309 e. The van der Waals surface area contributed by atoms with E-state index in [0.29, 0.717) is 6.04 Å². The lowest BCUT2D eigenvalue weighted by Gasteiger charge is -2.29. The van der Waals surface area contributed by atoms with E-state index in [2.05, 4.69) is 36.1 Å². The van der Waals surface area contributed by atoms with Crippen molar-refractivity contribution in [2.45, 2.75) is 32.7 Å². The molecular weight excluding hydrogens is 230 g/mol. The number of likely N-dealkylation sites (tertiary alicyclic amines) is 1. The van der Waals surface area contributed by atoms with Crippen molar-refractivity contribution in [3.63, 3.8) is 0 Å². The van der Waals surface area contributed by atoms with Gasteiger partial charge in [0.1, 0.15) is 0 Å². The molecule has 1 saturated heterocycles. The Balaban J connectivity index is 1.77. The second-order valence-electron chi connectivity index (χ2n) is 5.18. The number of thiazole rings is 1. The topological polar surface area (TPSA) is 28.2 Å². The average Bonchev–Trinajstić information content (AvgIpc) is 2.74. The summed E-state index contributed by atoms with van der Waals surface area (Å²) in [7, 11) is 2.22. The molecule has 0 aliphatic carbocycles. The first kappa shape index (κ1) is 13.0. The maximum Gasteiger partial charge on any atom is 0.0798 e. The third-order valence-electron chi connectivity index (χ3n) is 3.73. The van der Waals surface area contributed by atoms with Gasteiger partial charge in [0.2, 0.25) is 0 Å². The zero-order valence-corrected chi connectivity index (χ0v) is 11.9. The van der Waals surface area contributed by atoms with Crippen molar-refractivity contribution in [3.05, 3.63) is 16.1 Å². The summed E-state index contributed by atoms with van der Waals surface area (Å²) in [5, 5.41) is 3.66. The highest BCUT2D eigenvalue weighted by molar-refractivity contribution is 7.09. The van der Waals surface area contributed by atoms with Gasteiger partial charge in [-0.25, -0.2) is 4.98 Å². The van der Waals surface area contributed by atoms with E-state index in [9.17, 15) is 0 Å². The predicted octanol–water partition coefficient (Wildman–Crippen LogP) is 2.44. The standard InChI is InChI=1S/C13H23N3S/c1-10(13-11(2)15-9-17-13)14-8-12-4-6-16(3)7-5-12/h9-10,12,14H,4-8H2,1-3H3. The van der Waals surface area contributed by atoms with Crippen molar-refractivity contribution in [3.8, 4) is 0 Å². The Morgan fingerprint density at radius 3 is 2.82 bits per heavy atom. The fourth-order valence-electron chi connectivity index (χ4n) is 2.43. The number of hydrogen-bond donors (Lipinski definition) is 1. The first-order valence-electron chi connectivity index (χ1n) is 6.48. The van der Waals surface area contributed by atoms with Crippen LogP contribution in [-0.2, 0) is 0 Å². The Morgan fingerprint density at radius 2 is 2.24 bits per heavy atom. The number of rotatable bonds is 4.